The third-order valence-corrected chi connectivity index (χ3v) is 10.7. The van der Waals surface area contributed by atoms with Gasteiger partial charge in [-0.3, -0.25) is 0 Å². The molecular formula is C50H30. The highest BCUT2D eigenvalue weighted by molar-refractivity contribution is 6.27. The van der Waals surface area contributed by atoms with Crippen LogP contribution in [0.1, 0.15) is 6.85 Å². The molecule has 230 valence electrons. The maximum absolute atomic E-state index is 9.02. The fourth-order valence-corrected chi connectivity index (χ4v) is 8.45. The van der Waals surface area contributed by atoms with E-state index in [1.165, 1.54) is 37.7 Å². The Morgan fingerprint density at radius 3 is 1.30 bits per heavy atom. The quantitative estimate of drug-likeness (QED) is 0.169. The van der Waals surface area contributed by atoms with E-state index in [2.05, 4.69) is 140 Å². The van der Waals surface area contributed by atoms with Gasteiger partial charge >= 0.3 is 0 Å². The molecule has 0 atom stereocenters. The molecule has 0 N–H and O–H groups in total. The van der Waals surface area contributed by atoms with Crippen LogP contribution in [-0.2, 0) is 0 Å². The Labute approximate surface area is 297 Å². The van der Waals surface area contributed by atoms with Crippen LogP contribution in [0.2, 0.25) is 0 Å². The van der Waals surface area contributed by atoms with Crippen LogP contribution in [0.5, 0.6) is 0 Å². The second kappa shape index (κ2) is 10.5. The van der Waals surface area contributed by atoms with Crippen LogP contribution in [-0.4, -0.2) is 0 Å². The Balaban J connectivity index is 1.21. The molecule has 0 amide bonds. The van der Waals surface area contributed by atoms with Gasteiger partial charge in [-0.25, -0.2) is 0 Å². The molecule has 0 heterocycles. The smallest absolute Gasteiger partial charge is 0.0622 e. The first kappa shape index (κ1) is 23.0. The van der Waals surface area contributed by atoms with Gasteiger partial charge in [0.15, 0.2) is 0 Å². The zero-order chi connectivity index (χ0) is 37.1. The average molecular weight is 636 g/mol. The lowest BCUT2D eigenvalue weighted by Gasteiger charge is -2.19. The molecule has 0 aromatic heterocycles. The van der Waals surface area contributed by atoms with Gasteiger partial charge in [0, 0.05) is 0 Å². The molecule has 0 unspecified atom stereocenters. The maximum atomic E-state index is 9.02. The summed E-state index contributed by atoms with van der Waals surface area (Å²) < 4.78 is 43.5. The highest BCUT2D eigenvalue weighted by Crippen LogP contribution is 2.46. The number of rotatable bonds is 4. The van der Waals surface area contributed by atoms with E-state index in [4.69, 9.17) is 6.85 Å². The lowest BCUT2D eigenvalue weighted by molar-refractivity contribution is 1.57. The summed E-state index contributed by atoms with van der Waals surface area (Å²) in [6, 6.07) is 52.1. The fourth-order valence-electron chi connectivity index (χ4n) is 8.45. The standard InChI is InChI=1S/C50H30/c1-2-8-31(9-3-1)40-25-24-38(30-46(40)43-27-21-37-19-17-33-11-7-13-35-23-29-45(43)50(37)48(33)35)39-14-4-5-15-41(39)42-26-20-36-18-16-32-10-6-12-34-22-28-44(42)49(36)47(32)34/h1-30H/i1D,2D,3D,8D,9D. The van der Waals surface area contributed by atoms with E-state index in [0.717, 1.165) is 60.3 Å². The SMILES string of the molecule is [2H]c1c([2H])c([2H])c(-c2ccc(-c3ccccc3-c3ccc4ccc5cccc6ccc3c4c56)cc2-c2ccc3ccc4cccc5ccc2c3c45)c([2H])c1[2H]. The van der Waals surface area contributed by atoms with Gasteiger partial charge < -0.3 is 0 Å². The van der Waals surface area contributed by atoms with Crippen molar-refractivity contribution in [3.8, 4) is 44.5 Å². The van der Waals surface area contributed by atoms with Crippen molar-refractivity contribution in [3.05, 3.63) is 182 Å². The monoisotopic (exact) mass is 635 g/mol. The molecular weight excluding hydrogens is 601 g/mol. The summed E-state index contributed by atoms with van der Waals surface area (Å²) in [7, 11) is 0. The zero-order valence-corrected chi connectivity index (χ0v) is 26.9. The highest BCUT2D eigenvalue weighted by atomic mass is 14.2. The molecule has 0 bridgehead atoms. The molecule has 0 aliphatic heterocycles. The third-order valence-electron chi connectivity index (χ3n) is 10.7. The Kier molecular flexibility index (Phi) is 4.82. The molecule has 0 saturated carbocycles. The van der Waals surface area contributed by atoms with Gasteiger partial charge in [-0.05, 0) is 115 Å². The lowest BCUT2D eigenvalue weighted by Crippen LogP contribution is -1.92. The van der Waals surface area contributed by atoms with Crippen molar-refractivity contribution >= 4 is 64.6 Å². The maximum Gasteiger partial charge on any atom is 0.0629 e. The van der Waals surface area contributed by atoms with E-state index >= 15 is 0 Å². The summed E-state index contributed by atoms with van der Waals surface area (Å²) in [5, 5.41) is 14.2. The highest BCUT2D eigenvalue weighted by Gasteiger charge is 2.19. The number of benzene rings is 11. The third kappa shape index (κ3) is 3.94. The van der Waals surface area contributed by atoms with Gasteiger partial charge in [-0.2, -0.15) is 0 Å². The van der Waals surface area contributed by atoms with Crippen LogP contribution in [0.4, 0.5) is 0 Å². The first-order valence-corrected chi connectivity index (χ1v) is 17.0. The zero-order valence-electron chi connectivity index (χ0n) is 31.9. The van der Waals surface area contributed by atoms with Crippen molar-refractivity contribution in [2.75, 3.05) is 0 Å². The van der Waals surface area contributed by atoms with Crippen LogP contribution in [0.25, 0.3) is 109 Å². The van der Waals surface area contributed by atoms with Gasteiger partial charge in [0.05, 0.1) is 6.85 Å². The molecule has 0 aliphatic rings. The first-order valence-electron chi connectivity index (χ1n) is 19.5. The van der Waals surface area contributed by atoms with Crippen molar-refractivity contribution in [3.63, 3.8) is 0 Å². The second-order valence-corrected chi connectivity index (χ2v) is 13.2. The molecule has 0 radical (unpaired) electrons. The van der Waals surface area contributed by atoms with Crippen LogP contribution in [0.3, 0.4) is 0 Å². The van der Waals surface area contributed by atoms with Gasteiger partial charge in [0.1, 0.15) is 0 Å². The van der Waals surface area contributed by atoms with Crippen molar-refractivity contribution in [2.45, 2.75) is 0 Å². The summed E-state index contributed by atoms with van der Waals surface area (Å²) >= 11 is 0. The van der Waals surface area contributed by atoms with Crippen molar-refractivity contribution < 1.29 is 6.85 Å². The van der Waals surface area contributed by atoms with Gasteiger partial charge in [0.2, 0.25) is 0 Å². The van der Waals surface area contributed by atoms with Crippen molar-refractivity contribution in [2.24, 2.45) is 0 Å². The second-order valence-electron chi connectivity index (χ2n) is 13.2. The predicted molar refractivity (Wildman–Crippen MR) is 216 cm³/mol. The molecule has 0 saturated heterocycles. The Bertz CT molecular complexity index is 3320. The molecule has 0 nitrogen and oxygen atoms in total. The topological polar surface area (TPSA) is 0 Å². The van der Waals surface area contributed by atoms with E-state index in [1.54, 1.807) is 0 Å². The Morgan fingerprint density at radius 2 is 0.720 bits per heavy atom. The van der Waals surface area contributed by atoms with E-state index in [9.17, 15) is 0 Å². The van der Waals surface area contributed by atoms with Gasteiger partial charge in [-0.1, -0.05) is 176 Å². The molecule has 0 fully saturated rings. The summed E-state index contributed by atoms with van der Waals surface area (Å²) in [4.78, 5) is 0. The van der Waals surface area contributed by atoms with Crippen molar-refractivity contribution in [1.82, 2.24) is 0 Å². The largest absolute Gasteiger partial charge is 0.0629 e. The van der Waals surface area contributed by atoms with Crippen LogP contribution in [0, 0.1) is 0 Å². The molecule has 11 aromatic rings. The molecule has 11 rings (SSSR count). The summed E-state index contributed by atoms with van der Waals surface area (Å²) in [6.07, 6.45) is 0. The predicted octanol–water partition coefficient (Wildman–Crippen LogP) is 14.1. The lowest BCUT2D eigenvalue weighted by atomic mass is 9.84. The first-order chi connectivity index (χ1) is 26.9. The Morgan fingerprint density at radius 1 is 0.280 bits per heavy atom. The Hall–Kier alpha value is -6.50. The normalized spacial score (nSPS) is 13.4. The van der Waals surface area contributed by atoms with E-state index in [-0.39, 0.29) is 29.7 Å². The summed E-state index contributed by atoms with van der Waals surface area (Å²) in [6.45, 7) is 0. The fraction of sp³-hybridized carbons (Fsp3) is 0. The van der Waals surface area contributed by atoms with E-state index in [0.29, 0.717) is 5.56 Å². The average Bonchev–Trinajstić information content (AvgIpc) is 3.23. The number of hydrogen-bond donors (Lipinski definition) is 0. The van der Waals surface area contributed by atoms with Crippen LogP contribution >= 0.6 is 0 Å². The molecule has 0 aliphatic carbocycles. The van der Waals surface area contributed by atoms with E-state index < -0.39 is 6.04 Å². The molecule has 50 heavy (non-hydrogen) atoms. The van der Waals surface area contributed by atoms with Gasteiger partial charge in [0.25, 0.3) is 0 Å². The summed E-state index contributed by atoms with van der Waals surface area (Å²) in [5.74, 6) is 0. The molecule has 0 heteroatoms. The minimum Gasteiger partial charge on any atom is -0.0622 e. The van der Waals surface area contributed by atoms with Gasteiger partial charge in [-0.15, -0.1) is 0 Å². The minimum absolute atomic E-state index is 0.193. The van der Waals surface area contributed by atoms with Crippen LogP contribution < -0.4 is 0 Å². The molecule has 0 spiro atoms. The van der Waals surface area contributed by atoms with E-state index in [1.807, 2.05) is 12.1 Å². The number of hydrogen-bond acceptors (Lipinski definition) is 0. The minimum atomic E-state index is -0.401. The van der Waals surface area contributed by atoms with Crippen molar-refractivity contribution in [1.29, 1.82) is 0 Å². The summed E-state index contributed by atoms with van der Waals surface area (Å²) in [5.41, 5.74) is 6.78. The van der Waals surface area contributed by atoms with Crippen LogP contribution in [0.15, 0.2) is 182 Å². The molecule has 11 aromatic carbocycles.